The Balaban J connectivity index is 1.52. The molecule has 3 rings (SSSR count). The molecule has 0 aliphatic carbocycles. The van der Waals surface area contributed by atoms with Crippen molar-refractivity contribution in [3.05, 3.63) is 98.1 Å². The number of rotatable bonds is 8. The van der Waals surface area contributed by atoms with Crippen LogP contribution >= 0.6 is 11.6 Å². The first-order valence-electron chi connectivity index (χ1n) is 10.1. The lowest BCUT2D eigenvalue weighted by Gasteiger charge is -2.10. The molecule has 9 nitrogen and oxygen atoms in total. The highest BCUT2D eigenvalue weighted by molar-refractivity contribution is 6.32. The molecule has 174 valence electrons. The van der Waals surface area contributed by atoms with Crippen LogP contribution in [0.3, 0.4) is 0 Å². The van der Waals surface area contributed by atoms with Crippen LogP contribution in [0.15, 0.2) is 65.8 Å². The Hall–Kier alpha value is -4.24. The Bertz CT molecular complexity index is 1260. The van der Waals surface area contributed by atoms with Crippen LogP contribution in [0.5, 0.6) is 5.75 Å². The van der Waals surface area contributed by atoms with Crippen molar-refractivity contribution in [2.24, 2.45) is 5.10 Å². The van der Waals surface area contributed by atoms with Crippen molar-refractivity contribution >= 4 is 41.0 Å². The number of carbonyl (C=O) groups excluding carboxylic acids is 2. The van der Waals surface area contributed by atoms with Gasteiger partial charge in [-0.3, -0.25) is 19.7 Å². The minimum Gasteiger partial charge on any atom is -0.482 e. The van der Waals surface area contributed by atoms with Crippen LogP contribution < -0.4 is 15.5 Å². The lowest BCUT2D eigenvalue weighted by molar-refractivity contribution is -0.384. The van der Waals surface area contributed by atoms with Crippen LogP contribution in [0.2, 0.25) is 5.02 Å². The highest BCUT2D eigenvalue weighted by Gasteiger charge is 2.10. The number of nitro groups is 1. The first-order chi connectivity index (χ1) is 16.2. The van der Waals surface area contributed by atoms with Crippen molar-refractivity contribution in [2.75, 3.05) is 11.9 Å². The lowest BCUT2D eigenvalue weighted by atomic mass is 10.1. The third kappa shape index (κ3) is 6.63. The molecule has 2 amide bonds. The maximum Gasteiger partial charge on any atom is 0.271 e. The van der Waals surface area contributed by atoms with E-state index < -0.39 is 10.8 Å². The Morgan fingerprint density at radius 1 is 1.06 bits per heavy atom. The van der Waals surface area contributed by atoms with Crippen molar-refractivity contribution in [2.45, 2.75) is 13.8 Å². The van der Waals surface area contributed by atoms with Gasteiger partial charge in [0.1, 0.15) is 5.75 Å². The number of aryl methyl sites for hydroxylation is 2. The van der Waals surface area contributed by atoms with Crippen molar-refractivity contribution in [3.63, 3.8) is 0 Å². The highest BCUT2D eigenvalue weighted by atomic mass is 35.5. The molecule has 0 aromatic heterocycles. The number of benzene rings is 3. The van der Waals surface area contributed by atoms with Gasteiger partial charge in [-0.05, 0) is 73.0 Å². The lowest BCUT2D eigenvalue weighted by Crippen LogP contribution is -2.20. The Labute approximate surface area is 200 Å². The van der Waals surface area contributed by atoms with Crippen molar-refractivity contribution in [1.82, 2.24) is 5.43 Å². The van der Waals surface area contributed by atoms with E-state index in [9.17, 15) is 19.7 Å². The standard InChI is InChI=1S/C24H21ClN4O5/c1-15-3-7-19(11-16(15)2)27-23(30)14-34-22-10-4-17(12-21(22)25)13-26-28-24(31)18-5-8-20(9-6-18)29(32)33/h3-13H,14H2,1-2H3,(H,27,30)(H,28,31)/b26-13+. The van der Waals surface area contributed by atoms with Gasteiger partial charge >= 0.3 is 0 Å². The summed E-state index contributed by atoms with van der Waals surface area (Å²) in [7, 11) is 0. The number of halogens is 1. The summed E-state index contributed by atoms with van der Waals surface area (Å²) >= 11 is 6.23. The normalized spacial score (nSPS) is 10.7. The van der Waals surface area contributed by atoms with Crippen LogP contribution in [0.1, 0.15) is 27.0 Å². The molecule has 3 aromatic rings. The van der Waals surface area contributed by atoms with Gasteiger partial charge in [-0.1, -0.05) is 17.7 Å². The number of nitro benzene ring substituents is 1. The number of ether oxygens (including phenoxy) is 1. The van der Waals surface area contributed by atoms with Crippen LogP contribution in [-0.4, -0.2) is 29.6 Å². The highest BCUT2D eigenvalue weighted by Crippen LogP contribution is 2.25. The van der Waals surface area contributed by atoms with E-state index >= 15 is 0 Å². The molecule has 34 heavy (non-hydrogen) atoms. The topological polar surface area (TPSA) is 123 Å². The molecule has 0 aliphatic heterocycles. The van der Waals surface area contributed by atoms with Crippen LogP contribution in [-0.2, 0) is 4.79 Å². The number of amides is 2. The summed E-state index contributed by atoms with van der Waals surface area (Å²) in [6, 6.07) is 15.6. The zero-order valence-corrected chi connectivity index (χ0v) is 19.1. The van der Waals surface area contributed by atoms with E-state index in [1.807, 2.05) is 32.0 Å². The van der Waals surface area contributed by atoms with E-state index in [0.717, 1.165) is 11.1 Å². The molecule has 0 radical (unpaired) electrons. The average Bonchev–Trinajstić information content (AvgIpc) is 2.81. The predicted molar refractivity (Wildman–Crippen MR) is 130 cm³/mol. The second-order valence-electron chi connectivity index (χ2n) is 7.33. The molecule has 10 heteroatoms. The smallest absolute Gasteiger partial charge is 0.271 e. The Morgan fingerprint density at radius 2 is 1.79 bits per heavy atom. The number of nitrogens with one attached hydrogen (secondary N) is 2. The Morgan fingerprint density at radius 3 is 2.44 bits per heavy atom. The van der Waals surface area contributed by atoms with E-state index in [2.05, 4.69) is 15.8 Å². The van der Waals surface area contributed by atoms with Gasteiger partial charge in [0.15, 0.2) is 6.61 Å². The fourth-order valence-electron chi connectivity index (χ4n) is 2.84. The van der Waals surface area contributed by atoms with Gasteiger partial charge in [-0.2, -0.15) is 5.10 Å². The molecule has 0 aliphatic rings. The number of anilines is 1. The van der Waals surface area contributed by atoms with E-state index in [-0.39, 0.29) is 28.8 Å². The number of hydrogen-bond acceptors (Lipinski definition) is 6. The van der Waals surface area contributed by atoms with E-state index in [1.54, 1.807) is 18.2 Å². The summed E-state index contributed by atoms with van der Waals surface area (Å²) in [5, 5.41) is 17.6. The third-order valence-corrected chi connectivity index (χ3v) is 5.12. The molecule has 0 bridgehead atoms. The Kier molecular flexibility index (Phi) is 7.94. The van der Waals surface area contributed by atoms with Crippen LogP contribution in [0.25, 0.3) is 0 Å². The van der Waals surface area contributed by atoms with E-state index in [1.165, 1.54) is 30.5 Å². The van der Waals surface area contributed by atoms with Crippen molar-refractivity contribution in [1.29, 1.82) is 0 Å². The number of carbonyl (C=O) groups is 2. The van der Waals surface area contributed by atoms with Gasteiger partial charge in [0.2, 0.25) is 0 Å². The summed E-state index contributed by atoms with van der Waals surface area (Å²) in [5.41, 5.74) is 5.92. The summed E-state index contributed by atoms with van der Waals surface area (Å²) in [6.45, 7) is 3.74. The molecule has 0 saturated heterocycles. The van der Waals surface area contributed by atoms with Gasteiger partial charge in [0.05, 0.1) is 16.2 Å². The fourth-order valence-corrected chi connectivity index (χ4v) is 3.08. The van der Waals surface area contributed by atoms with Crippen molar-refractivity contribution in [3.8, 4) is 5.75 Å². The molecular weight excluding hydrogens is 460 g/mol. The summed E-state index contributed by atoms with van der Waals surface area (Å²) < 4.78 is 5.50. The maximum absolute atomic E-state index is 12.2. The summed E-state index contributed by atoms with van der Waals surface area (Å²) in [4.78, 5) is 34.4. The zero-order chi connectivity index (χ0) is 24.7. The first-order valence-corrected chi connectivity index (χ1v) is 10.5. The van der Waals surface area contributed by atoms with Gasteiger partial charge in [-0.25, -0.2) is 5.43 Å². The average molecular weight is 481 g/mol. The second-order valence-corrected chi connectivity index (χ2v) is 7.74. The van der Waals surface area contributed by atoms with Gasteiger partial charge < -0.3 is 10.1 Å². The largest absolute Gasteiger partial charge is 0.482 e. The van der Waals surface area contributed by atoms with Gasteiger partial charge in [0, 0.05) is 23.4 Å². The predicted octanol–water partition coefficient (Wildman–Crippen LogP) is 4.65. The summed E-state index contributed by atoms with van der Waals surface area (Å²) in [6.07, 6.45) is 1.38. The van der Waals surface area contributed by atoms with Crippen LogP contribution in [0.4, 0.5) is 11.4 Å². The number of hydrogen-bond donors (Lipinski definition) is 2. The van der Waals surface area contributed by atoms with Gasteiger partial charge in [-0.15, -0.1) is 0 Å². The third-order valence-electron chi connectivity index (χ3n) is 4.83. The summed E-state index contributed by atoms with van der Waals surface area (Å²) in [5.74, 6) is -0.519. The molecule has 0 atom stereocenters. The molecule has 0 heterocycles. The number of non-ortho nitro benzene ring substituents is 1. The van der Waals surface area contributed by atoms with Gasteiger partial charge in [0.25, 0.3) is 17.5 Å². The second kappa shape index (κ2) is 11.1. The molecule has 0 fully saturated rings. The molecule has 0 unspecified atom stereocenters. The first kappa shape index (κ1) is 24.4. The number of nitrogens with zero attached hydrogens (tertiary/aromatic N) is 2. The van der Waals surface area contributed by atoms with E-state index in [0.29, 0.717) is 17.0 Å². The SMILES string of the molecule is Cc1ccc(NC(=O)COc2ccc(/C=N/NC(=O)c3ccc([N+](=O)[O-])cc3)cc2Cl)cc1C. The fraction of sp³-hybridized carbons (Fsp3) is 0.125. The van der Waals surface area contributed by atoms with Crippen molar-refractivity contribution < 1.29 is 19.2 Å². The molecule has 2 N–H and O–H groups in total. The zero-order valence-electron chi connectivity index (χ0n) is 18.4. The quantitative estimate of drug-likeness (QED) is 0.276. The molecule has 3 aromatic carbocycles. The molecule has 0 spiro atoms. The van der Waals surface area contributed by atoms with E-state index in [4.69, 9.17) is 16.3 Å². The molecular formula is C24H21ClN4O5. The minimum absolute atomic E-state index is 0.111. The maximum atomic E-state index is 12.2. The minimum atomic E-state index is -0.547. The monoisotopic (exact) mass is 480 g/mol. The number of hydrazone groups is 1. The van der Waals surface area contributed by atoms with Crippen LogP contribution in [0, 0.1) is 24.0 Å². The molecule has 0 saturated carbocycles.